The van der Waals surface area contributed by atoms with Gasteiger partial charge in [0.15, 0.2) is 0 Å². The van der Waals surface area contributed by atoms with E-state index in [4.69, 9.17) is 4.98 Å². The van der Waals surface area contributed by atoms with Gasteiger partial charge in [-0.15, -0.1) is 0 Å². The summed E-state index contributed by atoms with van der Waals surface area (Å²) < 4.78 is 0. The van der Waals surface area contributed by atoms with Gasteiger partial charge in [0.05, 0.1) is 11.2 Å². The van der Waals surface area contributed by atoms with Crippen LogP contribution in [-0.4, -0.2) is 9.97 Å². The molecule has 0 saturated carbocycles. The lowest BCUT2D eigenvalue weighted by Gasteiger charge is -2.13. The van der Waals surface area contributed by atoms with Crippen molar-refractivity contribution in [3.05, 3.63) is 72.1 Å². The summed E-state index contributed by atoms with van der Waals surface area (Å²) in [5, 5.41) is 3.97. The average molecular weight is 296 g/mol. The summed E-state index contributed by atoms with van der Waals surface area (Å²) in [6, 6.07) is 17.1. The SMILES string of the molecule is c1cncc(-c2nc3ccc4ccccc4c3c3c2CCC3)c1. The van der Waals surface area contributed by atoms with Crippen molar-refractivity contribution in [2.75, 3.05) is 0 Å². The maximum absolute atomic E-state index is 5.03. The van der Waals surface area contributed by atoms with Gasteiger partial charge in [0.2, 0.25) is 0 Å². The molecule has 2 heteroatoms. The Morgan fingerprint density at radius 2 is 1.74 bits per heavy atom. The van der Waals surface area contributed by atoms with E-state index in [2.05, 4.69) is 47.4 Å². The third-order valence-electron chi connectivity index (χ3n) is 4.88. The Balaban J connectivity index is 1.93. The number of fused-ring (bicyclic) bond motifs is 5. The monoisotopic (exact) mass is 296 g/mol. The Labute approximate surface area is 134 Å². The van der Waals surface area contributed by atoms with Crippen LogP contribution in [0, 0.1) is 0 Å². The van der Waals surface area contributed by atoms with Crippen molar-refractivity contribution >= 4 is 21.7 Å². The van der Waals surface area contributed by atoms with Gasteiger partial charge in [0.25, 0.3) is 0 Å². The number of aromatic nitrogens is 2. The molecule has 2 heterocycles. The van der Waals surface area contributed by atoms with Gasteiger partial charge < -0.3 is 0 Å². The van der Waals surface area contributed by atoms with Crippen molar-refractivity contribution in [3.63, 3.8) is 0 Å². The fourth-order valence-electron chi connectivity index (χ4n) is 3.88. The Morgan fingerprint density at radius 1 is 0.826 bits per heavy atom. The van der Waals surface area contributed by atoms with Crippen LogP contribution in [0.3, 0.4) is 0 Å². The molecule has 4 aromatic rings. The van der Waals surface area contributed by atoms with Crippen LogP contribution < -0.4 is 0 Å². The highest BCUT2D eigenvalue weighted by molar-refractivity contribution is 6.09. The number of hydrogen-bond acceptors (Lipinski definition) is 2. The van der Waals surface area contributed by atoms with Gasteiger partial charge in [-0.2, -0.15) is 0 Å². The molecule has 2 aromatic heterocycles. The molecule has 0 fully saturated rings. The van der Waals surface area contributed by atoms with Crippen LogP contribution in [0.15, 0.2) is 60.9 Å². The normalized spacial score (nSPS) is 13.6. The Morgan fingerprint density at radius 3 is 2.65 bits per heavy atom. The Bertz CT molecular complexity index is 1040. The third-order valence-corrected chi connectivity index (χ3v) is 4.88. The highest BCUT2D eigenvalue weighted by atomic mass is 14.7. The molecule has 0 N–H and O–H groups in total. The Hall–Kier alpha value is -2.74. The smallest absolute Gasteiger partial charge is 0.0759 e. The topological polar surface area (TPSA) is 25.8 Å². The molecule has 0 saturated heterocycles. The van der Waals surface area contributed by atoms with E-state index < -0.39 is 0 Å². The first-order valence-electron chi connectivity index (χ1n) is 8.15. The second kappa shape index (κ2) is 4.88. The van der Waals surface area contributed by atoms with Crippen LogP contribution in [-0.2, 0) is 12.8 Å². The second-order valence-corrected chi connectivity index (χ2v) is 6.19. The molecule has 0 unspecified atom stereocenters. The van der Waals surface area contributed by atoms with Gasteiger partial charge in [0.1, 0.15) is 0 Å². The van der Waals surface area contributed by atoms with Crippen molar-refractivity contribution in [1.82, 2.24) is 9.97 Å². The fourth-order valence-corrected chi connectivity index (χ4v) is 3.88. The molecule has 2 nitrogen and oxygen atoms in total. The molecule has 5 rings (SSSR count). The number of benzene rings is 2. The summed E-state index contributed by atoms with van der Waals surface area (Å²) in [5.74, 6) is 0. The number of pyridine rings is 2. The average Bonchev–Trinajstić information content (AvgIpc) is 3.11. The summed E-state index contributed by atoms with van der Waals surface area (Å²) in [4.78, 5) is 9.30. The lowest BCUT2D eigenvalue weighted by Crippen LogP contribution is -1.96. The molecule has 0 aliphatic heterocycles. The van der Waals surface area contributed by atoms with Gasteiger partial charge in [-0.3, -0.25) is 4.98 Å². The molecular formula is C21H16N2. The van der Waals surface area contributed by atoms with Crippen molar-refractivity contribution in [3.8, 4) is 11.3 Å². The zero-order valence-electron chi connectivity index (χ0n) is 12.8. The van der Waals surface area contributed by atoms with Crippen LogP contribution in [0.5, 0.6) is 0 Å². The molecular weight excluding hydrogens is 280 g/mol. The van der Waals surface area contributed by atoms with Crippen LogP contribution in [0.4, 0.5) is 0 Å². The lowest BCUT2D eigenvalue weighted by molar-refractivity contribution is 0.913. The number of rotatable bonds is 1. The van der Waals surface area contributed by atoms with E-state index in [0.717, 1.165) is 29.6 Å². The molecule has 23 heavy (non-hydrogen) atoms. The van der Waals surface area contributed by atoms with E-state index in [1.54, 1.807) is 0 Å². The largest absolute Gasteiger partial charge is 0.264 e. The highest BCUT2D eigenvalue weighted by Crippen LogP contribution is 2.38. The van der Waals surface area contributed by atoms with E-state index in [1.807, 2.05) is 18.5 Å². The standard InChI is InChI=1S/C21H16N2/c1-2-7-16-14(5-1)10-11-19-20(16)17-8-3-9-18(17)21(23-19)15-6-4-12-22-13-15/h1-2,4-7,10-13H,3,8-9H2. The van der Waals surface area contributed by atoms with E-state index in [1.165, 1.54) is 33.7 Å². The molecule has 2 aromatic carbocycles. The summed E-state index contributed by atoms with van der Waals surface area (Å²) in [6.07, 6.45) is 7.22. The Kier molecular flexibility index (Phi) is 2.71. The number of aryl methyl sites for hydroxylation is 1. The van der Waals surface area contributed by atoms with E-state index >= 15 is 0 Å². The van der Waals surface area contributed by atoms with Crippen molar-refractivity contribution in [2.24, 2.45) is 0 Å². The minimum Gasteiger partial charge on any atom is -0.264 e. The fraction of sp³-hybridized carbons (Fsp3) is 0.143. The number of hydrogen-bond donors (Lipinski definition) is 0. The van der Waals surface area contributed by atoms with Crippen molar-refractivity contribution in [2.45, 2.75) is 19.3 Å². The predicted octanol–water partition coefficient (Wildman–Crippen LogP) is 4.94. The summed E-state index contributed by atoms with van der Waals surface area (Å²) >= 11 is 0. The van der Waals surface area contributed by atoms with E-state index in [0.29, 0.717) is 0 Å². The second-order valence-electron chi connectivity index (χ2n) is 6.19. The van der Waals surface area contributed by atoms with Crippen LogP contribution in [0.1, 0.15) is 17.5 Å². The van der Waals surface area contributed by atoms with Crippen molar-refractivity contribution in [1.29, 1.82) is 0 Å². The maximum Gasteiger partial charge on any atom is 0.0759 e. The quantitative estimate of drug-likeness (QED) is 0.465. The summed E-state index contributed by atoms with van der Waals surface area (Å²) in [6.45, 7) is 0. The molecule has 0 bridgehead atoms. The lowest BCUT2D eigenvalue weighted by atomic mass is 9.96. The van der Waals surface area contributed by atoms with Crippen molar-refractivity contribution < 1.29 is 0 Å². The summed E-state index contributed by atoms with van der Waals surface area (Å²) in [5.41, 5.74) is 6.25. The van der Waals surface area contributed by atoms with Gasteiger partial charge in [-0.05, 0) is 59.4 Å². The zero-order chi connectivity index (χ0) is 15.2. The van der Waals surface area contributed by atoms with Crippen LogP contribution >= 0.6 is 0 Å². The first-order valence-corrected chi connectivity index (χ1v) is 8.15. The predicted molar refractivity (Wildman–Crippen MR) is 94.5 cm³/mol. The number of nitrogens with zero attached hydrogens (tertiary/aromatic N) is 2. The zero-order valence-corrected chi connectivity index (χ0v) is 12.8. The van der Waals surface area contributed by atoms with E-state index in [9.17, 15) is 0 Å². The first kappa shape index (κ1) is 12.8. The van der Waals surface area contributed by atoms with Gasteiger partial charge in [-0.25, -0.2) is 4.98 Å². The third kappa shape index (κ3) is 1.88. The molecule has 110 valence electrons. The molecule has 0 radical (unpaired) electrons. The molecule has 1 aliphatic carbocycles. The first-order chi connectivity index (χ1) is 11.4. The van der Waals surface area contributed by atoms with Crippen LogP contribution in [0.2, 0.25) is 0 Å². The highest BCUT2D eigenvalue weighted by Gasteiger charge is 2.21. The maximum atomic E-state index is 5.03. The molecule has 1 aliphatic rings. The molecule has 0 amide bonds. The van der Waals surface area contributed by atoms with Gasteiger partial charge >= 0.3 is 0 Å². The van der Waals surface area contributed by atoms with Gasteiger partial charge in [-0.1, -0.05) is 30.3 Å². The van der Waals surface area contributed by atoms with Crippen LogP contribution in [0.25, 0.3) is 32.9 Å². The minimum atomic E-state index is 1.10. The van der Waals surface area contributed by atoms with Gasteiger partial charge in [0, 0.05) is 23.3 Å². The molecule has 0 atom stereocenters. The molecule has 0 spiro atoms. The summed E-state index contributed by atoms with van der Waals surface area (Å²) in [7, 11) is 0. The van der Waals surface area contributed by atoms with E-state index in [-0.39, 0.29) is 0 Å². The minimum absolute atomic E-state index is 1.10.